The Bertz CT molecular complexity index is 256. The van der Waals surface area contributed by atoms with Crippen molar-refractivity contribution in [3.8, 4) is 0 Å². The molecule has 0 radical (unpaired) electrons. The van der Waals surface area contributed by atoms with E-state index in [4.69, 9.17) is 5.73 Å². The molecule has 0 bridgehead atoms. The quantitative estimate of drug-likeness (QED) is 0.654. The largest absolute Gasteiger partial charge is 0.396 e. The van der Waals surface area contributed by atoms with Gasteiger partial charge in [0, 0.05) is 12.0 Å². The molecule has 0 aromatic rings. The van der Waals surface area contributed by atoms with Gasteiger partial charge in [0.15, 0.2) is 0 Å². The lowest BCUT2D eigenvalue weighted by Gasteiger charge is -2.30. The molecule has 100 valence electrons. The summed E-state index contributed by atoms with van der Waals surface area (Å²) in [7, 11) is 0. The summed E-state index contributed by atoms with van der Waals surface area (Å²) in [5, 5.41) is 12.4. The van der Waals surface area contributed by atoms with Gasteiger partial charge in [0.25, 0.3) is 0 Å². The maximum atomic E-state index is 12.0. The van der Waals surface area contributed by atoms with Crippen molar-refractivity contribution in [2.45, 2.75) is 57.9 Å². The Labute approximate surface area is 104 Å². The molecule has 0 aliphatic heterocycles. The highest BCUT2D eigenvalue weighted by molar-refractivity contribution is 5.85. The first kappa shape index (κ1) is 14.5. The number of amides is 1. The van der Waals surface area contributed by atoms with Crippen LogP contribution in [-0.2, 0) is 4.79 Å². The second kappa shape index (κ2) is 5.83. The van der Waals surface area contributed by atoms with Crippen LogP contribution < -0.4 is 11.1 Å². The lowest BCUT2D eigenvalue weighted by atomic mass is 9.86. The number of nitrogens with two attached hydrogens (primary N) is 1. The number of aliphatic hydroxyl groups is 1. The topological polar surface area (TPSA) is 75.4 Å². The first-order valence-electron chi connectivity index (χ1n) is 6.70. The fourth-order valence-corrected chi connectivity index (χ4v) is 2.53. The monoisotopic (exact) mass is 242 g/mol. The lowest BCUT2D eigenvalue weighted by molar-refractivity contribution is -0.127. The van der Waals surface area contributed by atoms with E-state index in [0.29, 0.717) is 19.4 Å². The first-order valence-corrected chi connectivity index (χ1v) is 6.70. The molecule has 0 saturated heterocycles. The minimum atomic E-state index is -0.755. The van der Waals surface area contributed by atoms with Crippen LogP contribution in [0.4, 0.5) is 0 Å². The predicted octanol–water partition coefficient (Wildman–Crippen LogP) is 1.17. The number of rotatable bonds is 6. The van der Waals surface area contributed by atoms with Gasteiger partial charge >= 0.3 is 0 Å². The van der Waals surface area contributed by atoms with Crippen molar-refractivity contribution in [1.29, 1.82) is 0 Å². The molecule has 0 aromatic heterocycles. The highest BCUT2D eigenvalue weighted by atomic mass is 16.3. The second-order valence-corrected chi connectivity index (χ2v) is 5.41. The summed E-state index contributed by atoms with van der Waals surface area (Å²) in [5.74, 6) is -0.0813. The summed E-state index contributed by atoms with van der Waals surface area (Å²) in [5.41, 5.74) is 5.18. The minimum absolute atomic E-state index is 0.0813. The molecule has 17 heavy (non-hydrogen) atoms. The van der Waals surface area contributed by atoms with Gasteiger partial charge in [-0.1, -0.05) is 26.7 Å². The Morgan fingerprint density at radius 3 is 2.29 bits per heavy atom. The van der Waals surface area contributed by atoms with Crippen LogP contribution in [0.1, 0.15) is 52.4 Å². The normalized spacial score (nSPS) is 19.3. The van der Waals surface area contributed by atoms with Crippen molar-refractivity contribution < 1.29 is 9.90 Å². The van der Waals surface area contributed by atoms with Crippen molar-refractivity contribution in [3.63, 3.8) is 0 Å². The minimum Gasteiger partial charge on any atom is -0.396 e. The fraction of sp³-hybridized carbons (Fsp3) is 0.923. The Hall–Kier alpha value is -0.610. The van der Waals surface area contributed by atoms with E-state index in [0.717, 1.165) is 25.7 Å². The van der Waals surface area contributed by atoms with Gasteiger partial charge in [-0.05, 0) is 25.7 Å². The molecule has 0 atom stereocenters. The van der Waals surface area contributed by atoms with Crippen LogP contribution in [0.15, 0.2) is 0 Å². The predicted molar refractivity (Wildman–Crippen MR) is 68.5 cm³/mol. The highest BCUT2D eigenvalue weighted by Crippen LogP contribution is 2.36. The second-order valence-electron chi connectivity index (χ2n) is 5.41. The summed E-state index contributed by atoms with van der Waals surface area (Å²) >= 11 is 0. The zero-order chi connectivity index (χ0) is 12.9. The highest BCUT2D eigenvalue weighted by Gasteiger charge is 2.36. The van der Waals surface area contributed by atoms with Crippen molar-refractivity contribution in [1.82, 2.24) is 5.32 Å². The summed E-state index contributed by atoms with van der Waals surface area (Å²) in [6.45, 7) is 4.57. The molecule has 1 aliphatic rings. The molecular formula is C13H26N2O2. The fourth-order valence-electron chi connectivity index (χ4n) is 2.53. The number of nitrogens with one attached hydrogen (secondary N) is 1. The van der Waals surface area contributed by atoms with Crippen LogP contribution in [0.2, 0.25) is 0 Å². The Kier molecular flexibility index (Phi) is 4.95. The third-order valence-corrected chi connectivity index (χ3v) is 4.34. The Morgan fingerprint density at radius 2 is 1.88 bits per heavy atom. The van der Waals surface area contributed by atoms with E-state index in [2.05, 4.69) is 5.32 Å². The zero-order valence-corrected chi connectivity index (χ0v) is 11.1. The smallest absolute Gasteiger partial charge is 0.240 e. The number of carbonyl (C=O) groups is 1. The van der Waals surface area contributed by atoms with Gasteiger partial charge in [-0.3, -0.25) is 4.79 Å². The number of aliphatic hydroxyl groups excluding tert-OH is 1. The van der Waals surface area contributed by atoms with E-state index in [1.54, 1.807) is 0 Å². The zero-order valence-electron chi connectivity index (χ0n) is 11.1. The van der Waals surface area contributed by atoms with Gasteiger partial charge in [0.05, 0.1) is 12.1 Å². The molecule has 0 spiro atoms. The van der Waals surface area contributed by atoms with Gasteiger partial charge in [-0.2, -0.15) is 0 Å². The third-order valence-electron chi connectivity index (χ3n) is 4.34. The van der Waals surface area contributed by atoms with E-state index in [1.807, 2.05) is 13.8 Å². The van der Waals surface area contributed by atoms with E-state index >= 15 is 0 Å². The molecule has 0 aromatic carbocycles. The summed E-state index contributed by atoms with van der Waals surface area (Å²) < 4.78 is 0. The molecule has 4 nitrogen and oxygen atoms in total. The SMILES string of the molecule is CCC(N)(CC)C(=O)NCC1(CO)CCCC1. The van der Waals surface area contributed by atoms with Crippen LogP contribution in [0, 0.1) is 5.41 Å². The van der Waals surface area contributed by atoms with Crippen LogP contribution in [0.25, 0.3) is 0 Å². The number of hydrogen-bond acceptors (Lipinski definition) is 3. The van der Waals surface area contributed by atoms with E-state index in [-0.39, 0.29) is 17.9 Å². The molecule has 1 rings (SSSR count). The van der Waals surface area contributed by atoms with Crippen molar-refractivity contribution >= 4 is 5.91 Å². The van der Waals surface area contributed by atoms with Gasteiger partial charge in [0.1, 0.15) is 0 Å². The van der Waals surface area contributed by atoms with Gasteiger partial charge in [-0.25, -0.2) is 0 Å². The van der Waals surface area contributed by atoms with Crippen molar-refractivity contribution in [2.24, 2.45) is 11.1 Å². The van der Waals surface area contributed by atoms with Crippen molar-refractivity contribution in [3.05, 3.63) is 0 Å². The average Bonchev–Trinajstić information content (AvgIpc) is 2.84. The molecule has 1 fully saturated rings. The summed E-state index contributed by atoms with van der Waals surface area (Å²) in [6.07, 6.45) is 5.57. The summed E-state index contributed by atoms with van der Waals surface area (Å²) in [4.78, 5) is 12.0. The van der Waals surface area contributed by atoms with E-state index < -0.39 is 5.54 Å². The third kappa shape index (κ3) is 3.19. The number of hydrogen-bond donors (Lipinski definition) is 3. The lowest BCUT2D eigenvalue weighted by Crippen LogP contribution is -2.55. The molecule has 0 heterocycles. The molecule has 1 aliphatic carbocycles. The van der Waals surface area contributed by atoms with Crippen LogP contribution in [0.3, 0.4) is 0 Å². The molecular weight excluding hydrogens is 216 g/mol. The maximum Gasteiger partial charge on any atom is 0.240 e. The molecule has 1 saturated carbocycles. The Balaban J connectivity index is 2.52. The first-order chi connectivity index (χ1) is 8.02. The average molecular weight is 242 g/mol. The maximum absolute atomic E-state index is 12.0. The van der Waals surface area contributed by atoms with Crippen LogP contribution in [-0.4, -0.2) is 29.7 Å². The summed E-state index contributed by atoms with van der Waals surface area (Å²) in [6, 6.07) is 0. The van der Waals surface area contributed by atoms with Gasteiger partial charge < -0.3 is 16.2 Å². The molecule has 1 amide bonds. The molecule has 4 N–H and O–H groups in total. The van der Waals surface area contributed by atoms with Crippen LogP contribution >= 0.6 is 0 Å². The molecule has 0 unspecified atom stereocenters. The van der Waals surface area contributed by atoms with Crippen molar-refractivity contribution in [2.75, 3.05) is 13.2 Å². The Morgan fingerprint density at radius 1 is 1.35 bits per heavy atom. The van der Waals surface area contributed by atoms with Gasteiger partial charge in [-0.15, -0.1) is 0 Å². The number of carbonyl (C=O) groups excluding carboxylic acids is 1. The molecule has 4 heteroatoms. The van der Waals surface area contributed by atoms with Crippen LogP contribution in [0.5, 0.6) is 0 Å². The standard InChI is InChI=1S/C13H26N2O2/c1-3-13(14,4-2)11(17)15-9-12(10-16)7-5-6-8-12/h16H,3-10,14H2,1-2H3,(H,15,17). The van der Waals surface area contributed by atoms with E-state index in [9.17, 15) is 9.90 Å². The van der Waals surface area contributed by atoms with E-state index in [1.165, 1.54) is 0 Å². The van der Waals surface area contributed by atoms with Gasteiger partial charge in [0.2, 0.25) is 5.91 Å².